The lowest BCUT2D eigenvalue weighted by Gasteiger charge is -2.10. The summed E-state index contributed by atoms with van der Waals surface area (Å²) >= 11 is 3.30. The van der Waals surface area contributed by atoms with Crippen molar-refractivity contribution in [2.24, 2.45) is 5.73 Å². The van der Waals surface area contributed by atoms with Crippen molar-refractivity contribution in [3.8, 4) is 5.75 Å². The highest BCUT2D eigenvalue weighted by Gasteiger charge is 2.10. The van der Waals surface area contributed by atoms with Gasteiger partial charge in [-0.15, -0.1) is 6.58 Å². The molecular formula is C9H10BrNO. The van der Waals surface area contributed by atoms with E-state index in [-0.39, 0.29) is 11.8 Å². The van der Waals surface area contributed by atoms with Crippen LogP contribution >= 0.6 is 15.9 Å². The van der Waals surface area contributed by atoms with E-state index in [1.807, 2.05) is 6.07 Å². The smallest absolute Gasteiger partial charge is 0.121 e. The number of rotatable bonds is 2. The van der Waals surface area contributed by atoms with Gasteiger partial charge in [-0.3, -0.25) is 0 Å². The van der Waals surface area contributed by atoms with E-state index in [2.05, 4.69) is 22.5 Å². The summed E-state index contributed by atoms with van der Waals surface area (Å²) in [6.45, 7) is 3.56. The zero-order chi connectivity index (χ0) is 9.14. The van der Waals surface area contributed by atoms with Crippen molar-refractivity contribution >= 4 is 15.9 Å². The molecule has 3 heteroatoms. The van der Waals surface area contributed by atoms with Crippen LogP contribution in [0.15, 0.2) is 35.3 Å². The molecule has 0 aliphatic rings. The van der Waals surface area contributed by atoms with Gasteiger partial charge in [-0.25, -0.2) is 0 Å². The molecule has 0 heterocycles. The predicted molar refractivity (Wildman–Crippen MR) is 52.9 cm³/mol. The number of hydrogen-bond donors (Lipinski definition) is 2. The predicted octanol–water partition coefficient (Wildman–Crippen LogP) is 2.34. The Balaban J connectivity index is 3.20. The van der Waals surface area contributed by atoms with Crippen molar-refractivity contribution in [3.63, 3.8) is 0 Å². The molecule has 1 aromatic carbocycles. The largest absolute Gasteiger partial charge is 0.508 e. The molecule has 0 saturated carbocycles. The van der Waals surface area contributed by atoms with Crippen molar-refractivity contribution in [2.45, 2.75) is 6.04 Å². The second-order valence-electron chi connectivity index (χ2n) is 2.43. The van der Waals surface area contributed by atoms with Crippen LogP contribution in [-0.4, -0.2) is 5.11 Å². The Morgan fingerprint density at radius 2 is 2.25 bits per heavy atom. The van der Waals surface area contributed by atoms with Crippen LogP contribution in [0.3, 0.4) is 0 Å². The van der Waals surface area contributed by atoms with Crippen LogP contribution in [0.25, 0.3) is 0 Å². The number of phenols is 1. The second kappa shape index (κ2) is 3.74. The summed E-state index contributed by atoms with van der Waals surface area (Å²) in [4.78, 5) is 0. The minimum Gasteiger partial charge on any atom is -0.508 e. The molecule has 0 aromatic heterocycles. The quantitative estimate of drug-likeness (QED) is 0.763. The van der Waals surface area contributed by atoms with Crippen LogP contribution in [0.5, 0.6) is 5.75 Å². The van der Waals surface area contributed by atoms with E-state index in [0.717, 1.165) is 4.47 Å². The summed E-state index contributed by atoms with van der Waals surface area (Å²) in [5, 5.41) is 9.44. The Morgan fingerprint density at radius 3 is 2.75 bits per heavy atom. The van der Waals surface area contributed by atoms with Crippen LogP contribution in [0.2, 0.25) is 0 Å². The standard InChI is InChI=1S/C9H10BrNO/c1-2-7(11)9-6(10)4-3-5-8(9)12/h2-5,7,12H,1,11H2. The molecule has 1 aromatic rings. The van der Waals surface area contributed by atoms with Gasteiger partial charge in [0.2, 0.25) is 0 Å². The summed E-state index contributed by atoms with van der Waals surface area (Å²) in [6, 6.07) is 4.85. The first-order valence-corrected chi connectivity index (χ1v) is 4.31. The maximum atomic E-state index is 9.44. The Bertz CT molecular complexity index is 278. The molecular weight excluding hydrogens is 218 g/mol. The average Bonchev–Trinajstić information content (AvgIpc) is 2.03. The molecule has 1 rings (SSSR count). The van der Waals surface area contributed by atoms with Crippen molar-refractivity contribution in [1.29, 1.82) is 0 Å². The third kappa shape index (κ3) is 1.68. The lowest BCUT2D eigenvalue weighted by molar-refractivity contribution is 0.465. The zero-order valence-corrected chi connectivity index (χ0v) is 8.08. The topological polar surface area (TPSA) is 46.2 Å². The molecule has 1 unspecified atom stereocenters. The molecule has 0 saturated heterocycles. The van der Waals surface area contributed by atoms with Gasteiger partial charge in [0.1, 0.15) is 5.75 Å². The van der Waals surface area contributed by atoms with Gasteiger partial charge in [0.15, 0.2) is 0 Å². The first kappa shape index (κ1) is 9.29. The molecule has 0 bridgehead atoms. The van der Waals surface area contributed by atoms with Crippen LogP contribution in [0.4, 0.5) is 0 Å². The van der Waals surface area contributed by atoms with Crippen molar-refractivity contribution in [2.75, 3.05) is 0 Å². The third-order valence-electron chi connectivity index (χ3n) is 1.62. The Kier molecular flexibility index (Phi) is 2.89. The fourth-order valence-electron chi connectivity index (χ4n) is 0.973. The number of hydrogen-bond acceptors (Lipinski definition) is 2. The van der Waals surface area contributed by atoms with Gasteiger partial charge in [0, 0.05) is 10.0 Å². The van der Waals surface area contributed by atoms with Crippen molar-refractivity contribution < 1.29 is 5.11 Å². The average molecular weight is 228 g/mol. The minimum atomic E-state index is -0.333. The summed E-state index contributed by atoms with van der Waals surface area (Å²) in [5.41, 5.74) is 6.36. The minimum absolute atomic E-state index is 0.191. The zero-order valence-electron chi connectivity index (χ0n) is 6.50. The van der Waals surface area contributed by atoms with E-state index in [1.54, 1.807) is 18.2 Å². The van der Waals surface area contributed by atoms with E-state index < -0.39 is 0 Å². The molecule has 0 radical (unpaired) electrons. The van der Waals surface area contributed by atoms with Gasteiger partial charge in [-0.1, -0.05) is 28.1 Å². The molecule has 64 valence electrons. The van der Waals surface area contributed by atoms with E-state index in [4.69, 9.17) is 5.73 Å². The number of benzene rings is 1. The fraction of sp³-hybridized carbons (Fsp3) is 0.111. The van der Waals surface area contributed by atoms with Gasteiger partial charge in [-0.2, -0.15) is 0 Å². The Morgan fingerprint density at radius 1 is 1.58 bits per heavy atom. The third-order valence-corrected chi connectivity index (χ3v) is 2.31. The summed E-state index contributed by atoms with van der Waals surface area (Å²) in [5.74, 6) is 0.191. The number of phenolic OH excluding ortho intramolecular Hbond substituents is 1. The van der Waals surface area contributed by atoms with Gasteiger partial charge >= 0.3 is 0 Å². The maximum absolute atomic E-state index is 9.44. The van der Waals surface area contributed by atoms with Gasteiger partial charge in [0.05, 0.1) is 6.04 Å². The lowest BCUT2D eigenvalue weighted by Crippen LogP contribution is -2.07. The monoisotopic (exact) mass is 227 g/mol. The highest BCUT2D eigenvalue weighted by molar-refractivity contribution is 9.10. The Labute approximate surface area is 79.8 Å². The Hall–Kier alpha value is -0.800. The van der Waals surface area contributed by atoms with E-state index in [9.17, 15) is 5.11 Å². The second-order valence-corrected chi connectivity index (χ2v) is 3.29. The maximum Gasteiger partial charge on any atom is 0.121 e. The first-order valence-electron chi connectivity index (χ1n) is 3.52. The highest BCUT2D eigenvalue weighted by Crippen LogP contribution is 2.30. The number of halogens is 1. The SMILES string of the molecule is C=CC(N)c1c(O)cccc1Br. The van der Waals surface area contributed by atoms with E-state index >= 15 is 0 Å². The van der Waals surface area contributed by atoms with E-state index in [0.29, 0.717) is 5.56 Å². The molecule has 1 atom stereocenters. The molecule has 0 spiro atoms. The van der Waals surface area contributed by atoms with Gasteiger partial charge in [-0.05, 0) is 12.1 Å². The molecule has 0 amide bonds. The van der Waals surface area contributed by atoms with E-state index in [1.165, 1.54) is 0 Å². The summed E-state index contributed by atoms with van der Waals surface area (Å²) in [7, 11) is 0. The van der Waals surface area contributed by atoms with Crippen LogP contribution in [0.1, 0.15) is 11.6 Å². The molecule has 12 heavy (non-hydrogen) atoms. The van der Waals surface area contributed by atoms with Crippen LogP contribution < -0.4 is 5.73 Å². The molecule has 3 N–H and O–H groups in total. The molecule has 0 aliphatic carbocycles. The van der Waals surface area contributed by atoms with Crippen molar-refractivity contribution in [1.82, 2.24) is 0 Å². The highest BCUT2D eigenvalue weighted by atomic mass is 79.9. The fourth-order valence-corrected chi connectivity index (χ4v) is 1.59. The molecule has 0 aliphatic heterocycles. The van der Waals surface area contributed by atoms with Gasteiger partial charge < -0.3 is 10.8 Å². The van der Waals surface area contributed by atoms with Crippen LogP contribution in [0, 0.1) is 0 Å². The van der Waals surface area contributed by atoms with Crippen molar-refractivity contribution in [3.05, 3.63) is 40.9 Å². The summed E-state index contributed by atoms with van der Waals surface area (Å²) in [6.07, 6.45) is 1.58. The van der Waals surface area contributed by atoms with Crippen LogP contribution in [-0.2, 0) is 0 Å². The summed E-state index contributed by atoms with van der Waals surface area (Å²) < 4.78 is 0.801. The molecule has 0 fully saturated rings. The normalized spacial score (nSPS) is 12.5. The molecule has 2 nitrogen and oxygen atoms in total. The first-order chi connectivity index (χ1) is 5.66. The number of nitrogens with two attached hydrogens (primary N) is 1. The van der Waals surface area contributed by atoms with Gasteiger partial charge in [0.25, 0.3) is 0 Å². The lowest BCUT2D eigenvalue weighted by atomic mass is 10.1. The number of aromatic hydroxyl groups is 1.